The monoisotopic (exact) mass is 326 g/mol. The lowest BCUT2D eigenvalue weighted by Crippen LogP contribution is -2.14. The van der Waals surface area contributed by atoms with Gasteiger partial charge in [-0.3, -0.25) is 4.79 Å². The Morgan fingerprint density at radius 1 is 1.56 bits per heavy atom. The van der Waals surface area contributed by atoms with Crippen molar-refractivity contribution >= 4 is 45.1 Å². The summed E-state index contributed by atoms with van der Waals surface area (Å²) in [6.07, 6.45) is 0.340. The van der Waals surface area contributed by atoms with Crippen LogP contribution in [0.4, 0.5) is 4.39 Å². The van der Waals surface area contributed by atoms with E-state index in [9.17, 15) is 9.18 Å². The molecule has 0 bridgehead atoms. The van der Waals surface area contributed by atoms with E-state index < -0.39 is 22.0 Å². The van der Waals surface area contributed by atoms with Gasteiger partial charge in [0.05, 0.1) is 5.92 Å². The third-order valence-corrected chi connectivity index (χ3v) is 3.54. The van der Waals surface area contributed by atoms with Gasteiger partial charge in [-0.1, -0.05) is 15.9 Å². The number of carbonyl (C=O) groups is 1. The Balaban J connectivity index is 2.07. The van der Waals surface area contributed by atoms with Crippen molar-refractivity contribution < 1.29 is 13.9 Å². The molecule has 1 aromatic rings. The third kappa shape index (κ3) is 2.50. The fourth-order valence-corrected chi connectivity index (χ4v) is 2.03. The van der Waals surface area contributed by atoms with Crippen LogP contribution in [0.3, 0.4) is 0 Å². The maximum absolute atomic E-state index is 13.3. The van der Waals surface area contributed by atoms with Crippen LogP contribution in [0, 0.1) is 11.7 Å². The lowest BCUT2D eigenvalue weighted by atomic mass is 10.3. The Morgan fingerprint density at radius 2 is 2.19 bits per heavy atom. The maximum atomic E-state index is 13.3. The molecule has 1 unspecified atom stereocenters. The Hall–Kier alpha value is -0.320. The summed E-state index contributed by atoms with van der Waals surface area (Å²) in [4.78, 5) is 11.5. The van der Waals surface area contributed by atoms with Crippen molar-refractivity contribution in [2.75, 3.05) is 0 Å². The van der Waals surface area contributed by atoms with E-state index in [1.165, 1.54) is 12.1 Å². The van der Waals surface area contributed by atoms with Crippen LogP contribution >= 0.6 is 39.1 Å². The second-order valence-electron chi connectivity index (χ2n) is 3.51. The first-order chi connectivity index (χ1) is 7.40. The lowest BCUT2D eigenvalue weighted by molar-refractivity contribution is -0.136. The van der Waals surface area contributed by atoms with Gasteiger partial charge in [-0.05, 0) is 24.6 Å². The van der Waals surface area contributed by atoms with Gasteiger partial charge in [-0.25, -0.2) is 4.39 Å². The normalized spacial score (nSPS) is 21.6. The van der Waals surface area contributed by atoms with Crippen molar-refractivity contribution in [2.45, 2.75) is 10.8 Å². The van der Waals surface area contributed by atoms with Gasteiger partial charge in [0.1, 0.15) is 4.33 Å². The first kappa shape index (κ1) is 12.1. The average molecular weight is 328 g/mol. The number of rotatable bonds is 2. The number of benzene rings is 1. The minimum atomic E-state index is -1.05. The second-order valence-corrected chi connectivity index (χ2v) is 5.97. The molecule has 0 radical (unpaired) electrons. The number of esters is 1. The molecule has 0 saturated heterocycles. The molecule has 1 saturated carbocycles. The molecule has 0 N–H and O–H groups in total. The molecule has 0 aromatic heterocycles. The average Bonchev–Trinajstić information content (AvgIpc) is 2.80. The van der Waals surface area contributed by atoms with Crippen molar-refractivity contribution in [1.29, 1.82) is 0 Å². The Bertz CT molecular complexity index is 450. The van der Waals surface area contributed by atoms with Crippen LogP contribution in [-0.4, -0.2) is 10.3 Å². The van der Waals surface area contributed by atoms with Crippen LogP contribution < -0.4 is 4.74 Å². The van der Waals surface area contributed by atoms with Crippen LogP contribution in [0.15, 0.2) is 22.7 Å². The van der Waals surface area contributed by atoms with Gasteiger partial charge < -0.3 is 4.74 Å². The van der Waals surface area contributed by atoms with E-state index >= 15 is 0 Å². The van der Waals surface area contributed by atoms with Crippen molar-refractivity contribution in [3.05, 3.63) is 28.5 Å². The predicted octanol–water partition coefficient (Wildman–Crippen LogP) is 3.69. The van der Waals surface area contributed by atoms with Gasteiger partial charge in [-0.15, -0.1) is 23.2 Å². The minimum absolute atomic E-state index is 0.121. The maximum Gasteiger partial charge on any atom is 0.317 e. The molecule has 0 aliphatic heterocycles. The molecule has 0 spiro atoms. The minimum Gasteiger partial charge on any atom is -0.423 e. The number of hydrogen-bond donors (Lipinski definition) is 0. The summed E-state index contributed by atoms with van der Waals surface area (Å²) in [5.41, 5.74) is 0. The van der Waals surface area contributed by atoms with Gasteiger partial charge in [0.25, 0.3) is 0 Å². The number of hydrogen-bond acceptors (Lipinski definition) is 2. The van der Waals surface area contributed by atoms with E-state index in [4.69, 9.17) is 27.9 Å². The zero-order valence-corrected chi connectivity index (χ0v) is 10.9. The quantitative estimate of drug-likeness (QED) is 0.470. The number of ether oxygens (including phenoxy) is 1. The SMILES string of the molecule is O=C(Oc1ccc(Br)cc1F)C1CC1(Cl)Cl. The van der Waals surface area contributed by atoms with Crippen molar-refractivity contribution in [3.8, 4) is 5.75 Å². The molecule has 6 heteroatoms. The lowest BCUT2D eigenvalue weighted by Gasteiger charge is -2.05. The Kier molecular flexibility index (Phi) is 3.16. The molecule has 2 rings (SSSR count). The summed E-state index contributed by atoms with van der Waals surface area (Å²) in [7, 11) is 0. The molecule has 0 amide bonds. The summed E-state index contributed by atoms with van der Waals surface area (Å²) >= 11 is 14.5. The summed E-state index contributed by atoms with van der Waals surface area (Å²) in [5.74, 6) is -1.91. The molecule has 1 atom stereocenters. The third-order valence-electron chi connectivity index (χ3n) is 2.21. The van der Waals surface area contributed by atoms with Gasteiger partial charge >= 0.3 is 5.97 Å². The van der Waals surface area contributed by atoms with Crippen molar-refractivity contribution in [3.63, 3.8) is 0 Å². The fraction of sp³-hybridized carbons (Fsp3) is 0.300. The first-order valence-corrected chi connectivity index (χ1v) is 5.99. The molecule has 16 heavy (non-hydrogen) atoms. The summed E-state index contributed by atoms with van der Waals surface area (Å²) in [6.45, 7) is 0. The molecule has 1 fully saturated rings. The summed E-state index contributed by atoms with van der Waals surface area (Å²) in [6, 6.07) is 4.15. The molecule has 2 nitrogen and oxygen atoms in total. The molecule has 0 heterocycles. The molecular weight excluding hydrogens is 322 g/mol. The largest absolute Gasteiger partial charge is 0.423 e. The van der Waals surface area contributed by atoms with Crippen molar-refractivity contribution in [2.24, 2.45) is 5.92 Å². The van der Waals surface area contributed by atoms with E-state index in [1.807, 2.05) is 0 Å². The predicted molar refractivity (Wildman–Crippen MR) is 62.3 cm³/mol. The van der Waals surface area contributed by atoms with E-state index in [2.05, 4.69) is 15.9 Å². The van der Waals surface area contributed by atoms with Crippen LogP contribution in [0.5, 0.6) is 5.75 Å². The Labute approximate surface area is 110 Å². The topological polar surface area (TPSA) is 26.3 Å². The molecule has 86 valence electrons. The van der Waals surface area contributed by atoms with Gasteiger partial charge in [-0.2, -0.15) is 0 Å². The Morgan fingerprint density at radius 3 is 2.69 bits per heavy atom. The standard InChI is InChI=1S/C10H6BrCl2FO2/c11-5-1-2-8(7(14)3-5)16-9(15)6-4-10(6,12)13/h1-3,6H,4H2. The van der Waals surface area contributed by atoms with E-state index in [1.54, 1.807) is 6.07 Å². The van der Waals surface area contributed by atoms with Crippen LogP contribution in [0.1, 0.15) is 6.42 Å². The van der Waals surface area contributed by atoms with E-state index in [0.29, 0.717) is 10.9 Å². The van der Waals surface area contributed by atoms with Crippen LogP contribution in [0.25, 0.3) is 0 Å². The molecular formula is C10H6BrCl2FO2. The highest BCUT2D eigenvalue weighted by Crippen LogP contribution is 2.53. The zero-order valence-electron chi connectivity index (χ0n) is 7.84. The number of carbonyl (C=O) groups excluding carboxylic acids is 1. The molecule has 1 aliphatic rings. The summed E-state index contributed by atoms with van der Waals surface area (Å²) < 4.78 is 17.7. The van der Waals surface area contributed by atoms with E-state index in [-0.39, 0.29) is 5.75 Å². The van der Waals surface area contributed by atoms with Gasteiger partial charge in [0, 0.05) is 4.47 Å². The highest BCUT2D eigenvalue weighted by atomic mass is 79.9. The fourth-order valence-electron chi connectivity index (χ4n) is 1.21. The highest BCUT2D eigenvalue weighted by molar-refractivity contribution is 9.10. The molecule has 1 aliphatic carbocycles. The van der Waals surface area contributed by atoms with Gasteiger partial charge in [0.15, 0.2) is 11.6 Å². The smallest absolute Gasteiger partial charge is 0.317 e. The van der Waals surface area contributed by atoms with E-state index in [0.717, 1.165) is 0 Å². The van der Waals surface area contributed by atoms with Crippen LogP contribution in [-0.2, 0) is 4.79 Å². The second kappa shape index (κ2) is 4.17. The number of halogens is 4. The molecule has 1 aromatic carbocycles. The summed E-state index contributed by atoms with van der Waals surface area (Å²) in [5, 5.41) is 0. The zero-order chi connectivity index (χ0) is 11.9. The van der Waals surface area contributed by atoms with Crippen LogP contribution in [0.2, 0.25) is 0 Å². The number of alkyl halides is 2. The van der Waals surface area contributed by atoms with Crippen molar-refractivity contribution in [1.82, 2.24) is 0 Å². The first-order valence-electron chi connectivity index (χ1n) is 4.45. The van der Waals surface area contributed by atoms with Gasteiger partial charge in [0.2, 0.25) is 0 Å². The highest BCUT2D eigenvalue weighted by Gasteiger charge is 2.57.